The second-order valence-electron chi connectivity index (χ2n) is 6.47. The molecule has 1 heterocycles. The van der Waals surface area contributed by atoms with E-state index in [-0.39, 0.29) is 0 Å². The highest BCUT2D eigenvalue weighted by molar-refractivity contribution is 5.21. The molecular weight excluding hydrogens is 262 g/mol. The van der Waals surface area contributed by atoms with Crippen molar-refractivity contribution >= 4 is 0 Å². The van der Waals surface area contributed by atoms with E-state index in [1.807, 2.05) is 0 Å². The smallest absolute Gasteiger partial charge is 0.118 e. The molecule has 0 atom stereocenters. The average Bonchev–Trinajstić information content (AvgIpc) is 3.19. The van der Waals surface area contributed by atoms with Crippen molar-refractivity contribution in [1.29, 1.82) is 0 Å². The van der Waals surface area contributed by atoms with E-state index in [0.29, 0.717) is 0 Å². The van der Waals surface area contributed by atoms with E-state index >= 15 is 0 Å². The summed E-state index contributed by atoms with van der Waals surface area (Å²) >= 11 is 0. The van der Waals surface area contributed by atoms with E-state index in [9.17, 15) is 0 Å². The van der Waals surface area contributed by atoms with E-state index in [2.05, 4.69) is 49.1 Å². The monoisotopic (exact) mass is 293 g/mol. The maximum atomic E-state index is 5.94. The molecule has 0 radical (unpaired) electrons. The van der Waals surface area contributed by atoms with Crippen LogP contribution in [0, 0.1) is 6.92 Å². The lowest BCUT2D eigenvalue weighted by Gasteiger charge is -2.20. The van der Waals surface area contributed by atoms with Crippen molar-refractivity contribution in [3.63, 3.8) is 0 Å². The number of aryl methyl sites for hydroxylation is 1. The maximum absolute atomic E-state index is 5.94. The van der Waals surface area contributed by atoms with Crippen LogP contribution in [0.5, 0.6) is 0 Å². The zero-order valence-electron chi connectivity index (χ0n) is 14.1. The van der Waals surface area contributed by atoms with Gasteiger partial charge in [0.2, 0.25) is 0 Å². The highest BCUT2D eigenvalue weighted by atomic mass is 16.3. The summed E-state index contributed by atoms with van der Waals surface area (Å²) in [5.74, 6) is 2.18. The van der Waals surface area contributed by atoms with Crippen LogP contribution in [0.15, 0.2) is 10.5 Å². The molecular formula is C17H31N3O. The third-order valence-electron chi connectivity index (χ3n) is 4.14. The largest absolute Gasteiger partial charge is 0.465 e. The predicted molar refractivity (Wildman–Crippen MR) is 87.4 cm³/mol. The molecule has 1 aliphatic rings. The van der Waals surface area contributed by atoms with Gasteiger partial charge in [-0.1, -0.05) is 6.92 Å². The zero-order chi connectivity index (χ0) is 15.2. The Morgan fingerprint density at radius 3 is 2.67 bits per heavy atom. The molecule has 0 spiro atoms. The number of nitrogens with one attached hydrogen (secondary N) is 1. The Morgan fingerprint density at radius 2 is 2.05 bits per heavy atom. The summed E-state index contributed by atoms with van der Waals surface area (Å²) in [6, 6.07) is 2.99. The van der Waals surface area contributed by atoms with E-state index in [1.165, 1.54) is 24.8 Å². The first-order valence-corrected chi connectivity index (χ1v) is 8.27. The van der Waals surface area contributed by atoms with Crippen molar-refractivity contribution in [3.05, 3.63) is 23.2 Å². The Balaban J connectivity index is 1.80. The van der Waals surface area contributed by atoms with E-state index < -0.39 is 0 Å². The summed E-state index contributed by atoms with van der Waals surface area (Å²) in [7, 11) is 4.26. The second kappa shape index (κ2) is 7.97. The Morgan fingerprint density at radius 1 is 1.29 bits per heavy atom. The number of furan rings is 1. The van der Waals surface area contributed by atoms with Gasteiger partial charge < -0.3 is 14.6 Å². The number of hydrogen-bond acceptors (Lipinski definition) is 4. The van der Waals surface area contributed by atoms with Crippen LogP contribution < -0.4 is 5.32 Å². The van der Waals surface area contributed by atoms with Crippen molar-refractivity contribution in [3.8, 4) is 0 Å². The maximum Gasteiger partial charge on any atom is 0.118 e. The van der Waals surface area contributed by atoms with Crippen LogP contribution in [-0.2, 0) is 13.1 Å². The van der Waals surface area contributed by atoms with Gasteiger partial charge in [-0.05, 0) is 66.0 Å². The van der Waals surface area contributed by atoms with Gasteiger partial charge in [0.15, 0.2) is 0 Å². The van der Waals surface area contributed by atoms with Gasteiger partial charge in [0.1, 0.15) is 11.5 Å². The van der Waals surface area contributed by atoms with Gasteiger partial charge in [0, 0.05) is 18.2 Å². The molecule has 0 saturated heterocycles. The first-order valence-electron chi connectivity index (χ1n) is 8.27. The van der Waals surface area contributed by atoms with Crippen LogP contribution in [-0.4, -0.2) is 49.6 Å². The minimum atomic E-state index is 0.751. The number of nitrogens with zero attached hydrogens (tertiary/aromatic N) is 2. The van der Waals surface area contributed by atoms with E-state index in [1.54, 1.807) is 0 Å². The summed E-state index contributed by atoms with van der Waals surface area (Å²) in [6.45, 7) is 9.52. The fraction of sp³-hybridized carbons (Fsp3) is 0.765. The molecule has 4 nitrogen and oxygen atoms in total. The summed E-state index contributed by atoms with van der Waals surface area (Å²) in [4.78, 5) is 4.70. The van der Waals surface area contributed by atoms with Gasteiger partial charge in [-0.2, -0.15) is 0 Å². The predicted octanol–water partition coefficient (Wildman–Crippen LogP) is 2.61. The standard InChI is InChI=1S/C17H31N3O/c1-5-20(10-6-9-19(3)4)13-17-11-15(14(2)21-17)12-18-16-7-8-16/h11,16,18H,5-10,12-13H2,1-4H3. The molecule has 0 bridgehead atoms. The molecule has 1 aromatic rings. The highest BCUT2D eigenvalue weighted by Crippen LogP contribution is 2.21. The lowest BCUT2D eigenvalue weighted by Crippen LogP contribution is -2.26. The van der Waals surface area contributed by atoms with E-state index in [4.69, 9.17) is 4.42 Å². The van der Waals surface area contributed by atoms with Gasteiger partial charge in [0.25, 0.3) is 0 Å². The summed E-state index contributed by atoms with van der Waals surface area (Å²) in [5, 5.41) is 3.56. The highest BCUT2D eigenvalue weighted by Gasteiger charge is 2.21. The summed E-state index contributed by atoms with van der Waals surface area (Å²) < 4.78 is 5.94. The normalized spacial score (nSPS) is 15.3. The van der Waals surface area contributed by atoms with Gasteiger partial charge in [-0.3, -0.25) is 4.90 Å². The van der Waals surface area contributed by atoms with Gasteiger partial charge in [-0.15, -0.1) is 0 Å². The zero-order valence-corrected chi connectivity index (χ0v) is 14.1. The van der Waals surface area contributed by atoms with E-state index in [0.717, 1.165) is 50.3 Å². The Hall–Kier alpha value is -0.840. The van der Waals surface area contributed by atoms with Gasteiger partial charge in [0.05, 0.1) is 6.54 Å². The van der Waals surface area contributed by atoms with Crippen LogP contribution in [0.1, 0.15) is 43.3 Å². The molecule has 0 amide bonds. The lowest BCUT2D eigenvalue weighted by molar-refractivity contribution is 0.239. The average molecular weight is 293 g/mol. The molecule has 4 heteroatoms. The first-order chi connectivity index (χ1) is 10.1. The van der Waals surface area contributed by atoms with Crippen LogP contribution in [0.4, 0.5) is 0 Å². The third kappa shape index (κ3) is 5.81. The van der Waals surface area contributed by atoms with Crippen LogP contribution in [0.2, 0.25) is 0 Å². The summed E-state index contributed by atoms with van der Waals surface area (Å²) in [6.07, 6.45) is 3.87. The quantitative estimate of drug-likeness (QED) is 0.718. The summed E-state index contributed by atoms with van der Waals surface area (Å²) in [5.41, 5.74) is 1.32. The third-order valence-corrected chi connectivity index (χ3v) is 4.14. The van der Waals surface area contributed by atoms with Crippen molar-refractivity contribution in [2.75, 3.05) is 33.7 Å². The van der Waals surface area contributed by atoms with Gasteiger partial charge >= 0.3 is 0 Å². The molecule has 0 aromatic carbocycles. The lowest BCUT2D eigenvalue weighted by atomic mass is 10.2. The van der Waals surface area contributed by atoms with Crippen molar-refractivity contribution in [2.24, 2.45) is 0 Å². The molecule has 1 aliphatic carbocycles. The molecule has 1 saturated carbocycles. The topological polar surface area (TPSA) is 31.6 Å². The SMILES string of the molecule is CCN(CCCN(C)C)Cc1cc(CNC2CC2)c(C)o1. The molecule has 0 aliphatic heterocycles. The molecule has 120 valence electrons. The van der Waals surface area contributed by atoms with Crippen LogP contribution in [0.25, 0.3) is 0 Å². The molecule has 1 fully saturated rings. The van der Waals surface area contributed by atoms with Crippen molar-refractivity contribution in [2.45, 2.75) is 52.2 Å². The Bertz CT molecular complexity index is 424. The van der Waals surface area contributed by atoms with Crippen LogP contribution in [0.3, 0.4) is 0 Å². The fourth-order valence-electron chi connectivity index (χ4n) is 2.56. The second-order valence-corrected chi connectivity index (χ2v) is 6.47. The molecule has 21 heavy (non-hydrogen) atoms. The Kier molecular flexibility index (Phi) is 6.27. The van der Waals surface area contributed by atoms with Crippen LogP contribution >= 0.6 is 0 Å². The fourth-order valence-corrected chi connectivity index (χ4v) is 2.56. The molecule has 1 N–H and O–H groups in total. The first kappa shape index (κ1) is 16.5. The molecule has 1 aromatic heterocycles. The number of rotatable bonds is 10. The van der Waals surface area contributed by atoms with Crippen molar-refractivity contribution in [1.82, 2.24) is 15.1 Å². The molecule has 0 unspecified atom stereocenters. The minimum absolute atomic E-state index is 0.751. The number of hydrogen-bond donors (Lipinski definition) is 1. The van der Waals surface area contributed by atoms with Gasteiger partial charge in [-0.25, -0.2) is 0 Å². The van der Waals surface area contributed by atoms with Crippen molar-refractivity contribution < 1.29 is 4.42 Å². The molecule has 2 rings (SSSR count). The Labute approximate surface area is 129 Å². The minimum Gasteiger partial charge on any atom is -0.465 e.